The first-order valence-electron chi connectivity index (χ1n) is 10.3. The highest BCUT2D eigenvalue weighted by molar-refractivity contribution is 6.18. The first-order valence-corrected chi connectivity index (χ1v) is 10.3. The number of benzene rings is 1. The quantitative estimate of drug-likeness (QED) is 0.352. The number of methoxy groups -OCH3 is 1. The van der Waals surface area contributed by atoms with Crippen molar-refractivity contribution in [2.45, 2.75) is 25.0 Å². The van der Waals surface area contributed by atoms with Gasteiger partial charge in [0.05, 0.1) is 42.9 Å². The summed E-state index contributed by atoms with van der Waals surface area (Å²) >= 11 is 0. The minimum absolute atomic E-state index is 0.0230. The largest absolute Gasteiger partial charge is 0.491 e. The van der Waals surface area contributed by atoms with Crippen LogP contribution in [-0.2, 0) is 9.47 Å². The number of aliphatic hydroxyl groups is 1. The van der Waals surface area contributed by atoms with Crippen molar-refractivity contribution in [3.05, 3.63) is 47.9 Å². The first-order chi connectivity index (χ1) is 15.2. The lowest BCUT2D eigenvalue weighted by atomic mass is 10.0. The van der Waals surface area contributed by atoms with Crippen molar-refractivity contribution in [2.75, 3.05) is 38.9 Å². The fraction of sp³-hybridized carbons (Fsp3) is 0.409. The second-order valence-corrected chi connectivity index (χ2v) is 7.40. The zero-order valence-corrected chi connectivity index (χ0v) is 17.3. The van der Waals surface area contributed by atoms with Crippen LogP contribution in [0.4, 0.5) is 5.82 Å². The number of ketones is 1. The summed E-state index contributed by atoms with van der Waals surface area (Å²) in [4.78, 5) is 25.0. The molecular formula is C22H26N4O5. The molecule has 1 aromatic carbocycles. The van der Waals surface area contributed by atoms with Gasteiger partial charge in [-0.2, -0.15) is 0 Å². The van der Waals surface area contributed by atoms with Crippen LogP contribution < -0.4 is 10.1 Å². The van der Waals surface area contributed by atoms with E-state index in [0.29, 0.717) is 53.5 Å². The van der Waals surface area contributed by atoms with Crippen LogP contribution in [0.1, 0.15) is 28.8 Å². The van der Waals surface area contributed by atoms with Crippen LogP contribution in [0.15, 0.2) is 36.8 Å². The van der Waals surface area contributed by atoms with Gasteiger partial charge >= 0.3 is 0 Å². The molecule has 0 unspecified atom stereocenters. The van der Waals surface area contributed by atoms with Gasteiger partial charge in [0, 0.05) is 18.9 Å². The number of carbonyl (C=O) groups is 1. The van der Waals surface area contributed by atoms with Crippen molar-refractivity contribution in [1.82, 2.24) is 15.0 Å². The van der Waals surface area contributed by atoms with Crippen molar-refractivity contribution in [3.8, 4) is 5.75 Å². The third kappa shape index (κ3) is 4.84. The molecule has 2 aromatic heterocycles. The highest BCUT2D eigenvalue weighted by Gasteiger charge is 2.24. The summed E-state index contributed by atoms with van der Waals surface area (Å²) in [6.07, 6.45) is 4.60. The summed E-state index contributed by atoms with van der Waals surface area (Å²) in [5.74, 6) is 1.04. The molecule has 3 aromatic rings. The third-order valence-electron chi connectivity index (χ3n) is 5.28. The van der Waals surface area contributed by atoms with Crippen LogP contribution in [0.5, 0.6) is 5.75 Å². The van der Waals surface area contributed by atoms with Crippen LogP contribution in [0.25, 0.3) is 11.0 Å². The first kappa shape index (κ1) is 21.2. The number of aromatic nitrogens is 3. The van der Waals surface area contributed by atoms with Gasteiger partial charge in [-0.25, -0.2) is 9.97 Å². The highest BCUT2D eigenvalue weighted by Crippen LogP contribution is 2.28. The standard InChI is InChI=1S/C22H26N4O5/c1-29-7-8-30-16-4-2-3-14(9-16)20(28)18-10-23-21-19(18)22(25-13-24-21)26-15-5-6-17(11-27)31-12-15/h2-4,9-10,13,15,17,27H,5-8,11-12H2,1H3,(H2,23,24,25,26)/t15-,17+/m1/s1. The molecule has 9 nitrogen and oxygen atoms in total. The topological polar surface area (TPSA) is 119 Å². The summed E-state index contributed by atoms with van der Waals surface area (Å²) in [7, 11) is 1.61. The fourth-order valence-electron chi connectivity index (χ4n) is 3.63. The summed E-state index contributed by atoms with van der Waals surface area (Å²) in [6.45, 7) is 1.36. The molecule has 31 heavy (non-hydrogen) atoms. The van der Waals surface area contributed by atoms with E-state index >= 15 is 0 Å². The molecule has 0 saturated carbocycles. The van der Waals surface area contributed by atoms with E-state index in [2.05, 4.69) is 20.3 Å². The lowest BCUT2D eigenvalue weighted by molar-refractivity contribution is -0.0224. The van der Waals surface area contributed by atoms with Gasteiger partial charge in [-0.05, 0) is 25.0 Å². The average molecular weight is 426 g/mol. The molecule has 9 heteroatoms. The SMILES string of the molecule is COCCOc1cccc(C(=O)c2c[nH]c3ncnc(N[C@@H]4CC[C@@H](CO)OC4)c23)c1. The number of hydrogen-bond donors (Lipinski definition) is 3. The Morgan fingerprint density at radius 3 is 3.00 bits per heavy atom. The average Bonchev–Trinajstić information content (AvgIpc) is 3.25. The number of nitrogens with one attached hydrogen (secondary N) is 2. The number of H-pyrrole nitrogens is 1. The monoisotopic (exact) mass is 426 g/mol. The van der Waals surface area contributed by atoms with Gasteiger partial charge in [0.1, 0.15) is 30.1 Å². The van der Waals surface area contributed by atoms with E-state index in [4.69, 9.17) is 14.2 Å². The van der Waals surface area contributed by atoms with Crippen molar-refractivity contribution in [2.24, 2.45) is 0 Å². The van der Waals surface area contributed by atoms with Gasteiger partial charge in [-0.1, -0.05) is 12.1 Å². The number of aliphatic hydroxyl groups excluding tert-OH is 1. The number of ether oxygens (including phenoxy) is 3. The van der Waals surface area contributed by atoms with E-state index in [0.717, 1.165) is 12.8 Å². The maximum atomic E-state index is 13.3. The number of hydrogen-bond acceptors (Lipinski definition) is 8. The molecule has 1 aliphatic heterocycles. The number of anilines is 1. The fourth-order valence-corrected chi connectivity index (χ4v) is 3.63. The van der Waals surface area contributed by atoms with Gasteiger partial charge in [0.15, 0.2) is 5.78 Å². The Bertz CT molecular complexity index is 1030. The Morgan fingerprint density at radius 2 is 2.23 bits per heavy atom. The number of fused-ring (bicyclic) bond motifs is 1. The number of rotatable bonds is 9. The Morgan fingerprint density at radius 1 is 1.32 bits per heavy atom. The molecule has 0 radical (unpaired) electrons. The Labute approximate surface area is 179 Å². The lowest BCUT2D eigenvalue weighted by Crippen LogP contribution is -2.36. The molecule has 164 valence electrons. The van der Waals surface area contributed by atoms with E-state index in [1.165, 1.54) is 6.33 Å². The maximum absolute atomic E-state index is 13.3. The molecule has 4 rings (SSSR count). The lowest BCUT2D eigenvalue weighted by Gasteiger charge is -2.29. The van der Waals surface area contributed by atoms with Gasteiger partial charge in [0.25, 0.3) is 0 Å². The molecule has 2 atom stereocenters. The van der Waals surface area contributed by atoms with Crippen molar-refractivity contribution >= 4 is 22.6 Å². The highest BCUT2D eigenvalue weighted by atomic mass is 16.5. The second-order valence-electron chi connectivity index (χ2n) is 7.40. The molecule has 0 bridgehead atoms. The van der Waals surface area contributed by atoms with E-state index < -0.39 is 0 Å². The van der Waals surface area contributed by atoms with Gasteiger partial charge in [-0.15, -0.1) is 0 Å². The minimum Gasteiger partial charge on any atom is -0.491 e. The Kier molecular flexibility index (Phi) is 6.76. The predicted molar refractivity (Wildman–Crippen MR) is 115 cm³/mol. The molecule has 1 fully saturated rings. The summed E-state index contributed by atoms with van der Waals surface area (Å²) < 4.78 is 16.3. The minimum atomic E-state index is -0.151. The van der Waals surface area contributed by atoms with Gasteiger partial charge in [0.2, 0.25) is 0 Å². The summed E-state index contributed by atoms with van der Waals surface area (Å²) in [6, 6.07) is 7.11. The van der Waals surface area contributed by atoms with E-state index in [1.54, 1.807) is 37.6 Å². The molecule has 1 saturated heterocycles. The second kappa shape index (κ2) is 9.86. The normalized spacial score (nSPS) is 18.8. The molecular weight excluding hydrogens is 400 g/mol. The summed E-state index contributed by atoms with van der Waals surface area (Å²) in [5, 5.41) is 13.3. The smallest absolute Gasteiger partial charge is 0.195 e. The maximum Gasteiger partial charge on any atom is 0.195 e. The predicted octanol–water partition coefficient (Wildman–Crippen LogP) is 2.17. The van der Waals surface area contributed by atoms with Crippen LogP contribution in [-0.4, -0.2) is 71.5 Å². The van der Waals surface area contributed by atoms with E-state index in [9.17, 15) is 9.90 Å². The number of nitrogens with zero attached hydrogens (tertiary/aromatic N) is 2. The molecule has 3 N–H and O–H groups in total. The van der Waals surface area contributed by atoms with Crippen LogP contribution in [0.2, 0.25) is 0 Å². The van der Waals surface area contributed by atoms with E-state index in [-0.39, 0.29) is 24.5 Å². The zero-order valence-electron chi connectivity index (χ0n) is 17.3. The van der Waals surface area contributed by atoms with Crippen LogP contribution in [0, 0.1) is 0 Å². The summed E-state index contributed by atoms with van der Waals surface area (Å²) in [5.41, 5.74) is 1.58. The third-order valence-corrected chi connectivity index (χ3v) is 5.28. The molecule has 0 spiro atoms. The van der Waals surface area contributed by atoms with Crippen molar-refractivity contribution in [1.29, 1.82) is 0 Å². The van der Waals surface area contributed by atoms with Crippen LogP contribution >= 0.6 is 0 Å². The van der Waals surface area contributed by atoms with Gasteiger partial charge in [-0.3, -0.25) is 4.79 Å². The molecule has 1 aliphatic rings. The molecule has 0 amide bonds. The zero-order chi connectivity index (χ0) is 21.6. The van der Waals surface area contributed by atoms with Crippen LogP contribution in [0.3, 0.4) is 0 Å². The molecule has 3 heterocycles. The van der Waals surface area contributed by atoms with Crippen molar-refractivity contribution in [3.63, 3.8) is 0 Å². The molecule has 0 aliphatic carbocycles. The Hall–Kier alpha value is -3.01. The van der Waals surface area contributed by atoms with E-state index in [1.807, 2.05) is 0 Å². The number of aromatic amines is 1. The van der Waals surface area contributed by atoms with Gasteiger partial charge < -0.3 is 29.6 Å². The Balaban J connectivity index is 1.57. The van der Waals surface area contributed by atoms with Crippen molar-refractivity contribution < 1.29 is 24.1 Å². The number of carbonyl (C=O) groups excluding carboxylic acids is 1.